The predicted molar refractivity (Wildman–Crippen MR) is 98.6 cm³/mol. The van der Waals surface area contributed by atoms with Crippen molar-refractivity contribution in [2.24, 2.45) is 0 Å². The second-order valence-corrected chi connectivity index (χ2v) is 6.83. The molecular weight excluding hydrogens is 304 g/mol. The van der Waals surface area contributed by atoms with Crippen LogP contribution in [0.5, 0.6) is 0 Å². The summed E-state index contributed by atoms with van der Waals surface area (Å²) in [7, 11) is 0. The molecule has 0 aliphatic rings. The van der Waals surface area contributed by atoms with Crippen LogP contribution >= 0.6 is 11.8 Å². The molecule has 0 radical (unpaired) electrons. The van der Waals surface area contributed by atoms with E-state index in [0.717, 1.165) is 22.6 Å². The smallest absolute Gasteiger partial charge is 0.220 e. The molecular formula is C19H24N2OS. The van der Waals surface area contributed by atoms with Crippen LogP contribution in [0.25, 0.3) is 0 Å². The lowest BCUT2D eigenvalue weighted by molar-refractivity contribution is -0.121. The number of nitrogens with one attached hydrogen (secondary N) is 1. The van der Waals surface area contributed by atoms with Crippen LogP contribution in [0.15, 0.2) is 53.4 Å². The molecule has 23 heavy (non-hydrogen) atoms. The van der Waals surface area contributed by atoms with Crippen molar-refractivity contribution in [2.45, 2.75) is 37.6 Å². The van der Waals surface area contributed by atoms with E-state index in [1.165, 1.54) is 4.90 Å². The molecule has 1 amide bonds. The van der Waals surface area contributed by atoms with Crippen LogP contribution in [0.4, 0.5) is 5.69 Å². The van der Waals surface area contributed by atoms with E-state index in [9.17, 15) is 4.79 Å². The molecule has 0 saturated heterocycles. The fraction of sp³-hybridized carbons (Fsp3) is 0.316. The first-order valence-corrected chi connectivity index (χ1v) is 8.94. The first kappa shape index (κ1) is 17.4. The fourth-order valence-corrected chi connectivity index (χ4v) is 3.09. The first-order chi connectivity index (χ1) is 11.1. The third kappa shape index (κ3) is 5.32. The van der Waals surface area contributed by atoms with Crippen LogP contribution in [-0.4, -0.2) is 11.7 Å². The Balaban J connectivity index is 1.85. The molecule has 0 aliphatic carbocycles. The molecule has 0 saturated carbocycles. The third-order valence-corrected chi connectivity index (χ3v) is 4.64. The van der Waals surface area contributed by atoms with Crippen LogP contribution in [0.2, 0.25) is 0 Å². The number of nitrogen functional groups attached to an aromatic ring is 1. The number of para-hydroxylation sites is 1. The van der Waals surface area contributed by atoms with Gasteiger partial charge < -0.3 is 11.1 Å². The van der Waals surface area contributed by atoms with Crippen LogP contribution in [0.1, 0.15) is 37.4 Å². The Bertz CT molecular complexity index is 640. The maximum atomic E-state index is 12.1. The maximum Gasteiger partial charge on any atom is 0.220 e. The van der Waals surface area contributed by atoms with Gasteiger partial charge in [-0.25, -0.2) is 0 Å². The number of amides is 1. The van der Waals surface area contributed by atoms with Gasteiger partial charge in [0.05, 0.1) is 6.04 Å². The molecule has 3 nitrogen and oxygen atoms in total. The monoisotopic (exact) mass is 328 g/mol. The molecule has 122 valence electrons. The molecule has 0 bridgehead atoms. The average Bonchev–Trinajstić information content (AvgIpc) is 2.55. The van der Waals surface area contributed by atoms with E-state index in [4.69, 9.17) is 5.73 Å². The second kappa shape index (κ2) is 8.63. The molecule has 3 N–H and O–H groups in total. The van der Waals surface area contributed by atoms with Gasteiger partial charge in [-0.1, -0.05) is 37.3 Å². The Labute approximate surface area is 142 Å². The number of carbonyl (C=O) groups is 1. The van der Waals surface area contributed by atoms with Crippen molar-refractivity contribution in [3.63, 3.8) is 0 Å². The van der Waals surface area contributed by atoms with Crippen molar-refractivity contribution in [1.82, 2.24) is 5.32 Å². The van der Waals surface area contributed by atoms with Crippen molar-refractivity contribution >= 4 is 23.4 Å². The lowest BCUT2D eigenvalue weighted by Crippen LogP contribution is -2.26. The van der Waals surface area contributed by atoms with Gasteiger partial charge in [-0.2, -0.15) is 0 Å². The van der Waals surface area contributed by atoms with Crippen LogP contribution < -0.4 is 11.1 Å². The number of nitrogens with two attached hydrogens (primary N) is 1. The Hall–Kier alpha value is -1.94. The Morgan fingerprint density at radius 2 is 1.87 bits per heavy atom. The molecule has 0 heterocycles. The maximum absolute atomic E-state index is 12.1. The van der Waals surface area contributed by atoms with Gasteiger partial charge in [-0.05, 0) is 48.4 Å². The van der Waals surface area contributed by atoms with Crippen LogP contribution in [0, 0.1) is 0 Å². The van der Waals surface area contributed by atoms with Gasteiger partial charge in [0.15, 0.2) is 0 Å². The lowest BCUT2D eigenvalue weighted by Gasteiger charge is -2.15. The van der Waals surface area contributed by atoms with Crippen LogP contribution in [0.3, 0.4) is 0 Å². The van der Waals surface area contributed by atoms with E-state index >= 15 is 0 Å². The van der Waals surface area contributed by atoms with E-state index in [2.05, 4.69) is 36.5 Å². The lowest BCUT2D eigenvalue weighted by atomic mass is 10.1. The standard InChI is InChI=1S/C19H24N2OS/c1-3-23-17-11-8-15(9-12-17)14(2)21-19(22)13-10-16-6-4-5-7-18(16)20/h4-9,11-12,14H,3,10,13,20H2,1-2H3,(H,21,22). The van der Waals surface area contributed by atoms with Gasteiger partial charge in [0.25, 0.3) is 0 Å². The van der Waals surface area contributed by atoms with E-state index in [1.807, 2.05) is 43.0 Å². The number of anilines is 1. The van der Waals surface area contributed by atoms with E-state index in [0.29, 0.717) is 12.8 Å². The highest BCUT2D eigenvalue weighted by Crippen LogP contribution is 2.21. The molecule has 0 spiro atoms. The minimum Gasteiger partial charge on any atom is -0.399 e. The van der Waals surface area contributed by atoms with Gasteiger partial charge in [0.2, 0.25) is 5.91 Å². The van der Waals surface area contributed by atoms with Crippen LogP contribution in [-0.2, 0) is 11.2 Å². The minimum absolute atomic E-state index is 0.0105. The summed E-state index contributed by atoms with van der Waals surface area (Å²) in [6.45, 7) is 4.15. The molecule has 2 aromatic rings. The summed E-state index contributed by atoms with van der Waals surface area (Å²) in [4.78, 5) is 13.4. The second-order valence-electron chi connectivity index (χ2n) is 5.49. The highest BCUT2D eigenvalue weighted by Gasteiger charge is 2.10. The highest BCUT2D eigenvalue weighted by atomic mass is 32.2. The van der Waals surface area contributed by atoms with Crippen molar-refractivity contribution in [1.29, 1.82) is 0 Å². The molecule has 0 aliphatic heterocycles. The number of hydrogen-bond donors (Lipinski definition) is 2. The summed E-state index contributed by atoms with van der Waals surface area (Å²) >= 11 is 1.82. The number of hydrogen-bond acceptors (Lipinski definition) is 3. The number of benzene rings is 2. The van der Waals surface area contributed by atoms with Crippen molar-refractivity contribution in [3.8, 4) is 0 Å². The van der Waals surface area contributed by atoms with Crippen molar-refractivity contribution in [2.75, 3.05) is 11.5 Å². The zero-order valence-corrected chi connectivity index (χ0v) is 14.5. The summed E-state index contributed by atoms with van der Waals surface area (Å²) in [5.41, 5.74) is 8.80. The predicted octanol–water partition coefficient (Wildman–Crippen LogP) is 4.19. The molecule has 4 heteroatoms. The zero-order chi connectivity index (χ0) is 16.7. The molecule has 0 aromatic heterocycles. The van der Waals surface area contributed by atoms with Gasteiger partial charge >= 0.3 is 0 Å². The topological polar surface area (TPSA) is 55.1 Å². The van der Waals surface area contributed by atoms with Crippen molar-refractivity contribution in [3.05, 3.63) is 59.7 Å². The SMILES string of the molecule is CCSc1ccc(C(C)NC(=O)CCc2ccccc2N)cc1. The first-order valence-electron chi connectivity index (χ1n) is 7.95. The van der Waals surface area contributed by atoms with E-state index in [1.54, 1.807) is 0 Å². The van der Waals surface area contributed by atoms with E-state index < -0.39 is 0 Å². The quantitative estimate of drug-likeness (QED) is 0.592. The fourth-order valence-electron chi connectivity index (χ4n) is 2.43. The summed E-state index contributed by atoms with van der Waals surface area (Å²) in [5.74, 6) is 1.11. The Kier molecular flexibility index (Phi) is 6.53. The minimum atomic E-state index is 0.0105. The molecule has 2 aromatic carbocycles. The number of aryl methyl sites for hydroxylation is 1. The largest absolute Gasteiger partial charge is 0.399 e. The number of rotatable bonds is 7. The van der Waals surface area contributed by atoms with Gasteiger partial charge in [0, 0.05) is 17.0 Å². The number of thioether (sulfide) groups is 1. The normalized spacial score (nSPS) is 11.9. The molecule has 1 atom stereocenters. The molecule has 1 unspecified atom stereocenters. The van der Waals surface area contributed by atoms with Gasteiger partial charge in [-0.15, -0.1) is 11.8 Å². The summed E-state index contributed by atoms with van der Waals surface area (Å²) < 4.78 is 0. The Morgan fingerprint density at radius 1 is 1.17 bits per heavy atom. The molecule has 2 rings (SSSR count). The van der Waals surface area contributed by atoms with Crippen molar-refractivity contribution < 1.29 is 4.79 Å². The Morgan fingerprint density at radius 3 is 2.52 bits per heavy atom. The zero-order valence-electron chi connectivity index (χ0n) is 13.7. The van der Waals surface area contributed by atoms with E-state index in [-0.39, 0.29) is 11.9 Å². The average molecular weight is 328 g/mol. The number of carbonyl (C=O) groups excluding carboxylic acids is 1. The molecule has 0 fully saturated rings. The summed E-state index contributed by atoms with van der Waals surface area (Å²) in [6.07, 6.45) is 1.11. The summed E-state index contributed by atoms with van der Waals surface area (Å²) in [5, 5.41) is 3.05. The van der Waals surface area contributed by atoms with Gasteiger partial charge in [0.1, 0.15) is 0 Å². The highest BCUT2D eigenvalue weighted by molar-refractivity contribution is 7.99. The third-order valence-electron chi connectivity index (χ3n) is 3.75. The summed E-state index contributed by atoms with van der Waals surface area (Å²) in [6, 6.07) is 16.1. The van der Waals surface area contributed by atoms with Gasteiger partial charge in [-0.3, -0.25) is 4.79 Å².